The molecule has 5 heteroatoms. The molecule has 1 atom stereocenters. The highest BCUT2D eigenvalue weighted by Crippen LogP contribution is 2.27. The van der Waals surface area contributed by atoms with Crippen LogP contribution in [0.2, 0.25) is 0 Å². The summed E-state index contributed by atoms with van der Waals surface area (Å²) in [4.78, 5) is 18.5. The second-order valence-electron chi connectivity index (χ2n) is 6.02. The number of rotatable bonds is 4. The van der Waals surface area contributed by atoms with E-state index in [1.165, 1.54) is 0 Å². The summed E-state index contributed by atoms with van der Waals surface area (Å²) in [6, 6.07) is 5.85. The number of likely N-dealkylation sites (tertiary alicyclic amines) is 1. The van der Waals surface area contributed by atoms with Gasteiger partial charge in [0.2, 0.25) is 0 Å². The molecule has 1 unspecified atom stereocenters. The first-order valence-corrected chi connectivity index (χ1v) is 7.43. The number of aliphatic carboxylic acids is 1. The molecule has 5 nitrogen and oxygen atoms in total. The Hall–Kier alpha value is -1.88. The van der Waals surface area contributed by atoms with Crippen LogP contribution in [0.15, 0.2) is 24.4 Å². The molecule has 1 aliphatic heterocycles. The Morgan fingerprint density at radius 3 is 2.76 bits per heavy atom. The van der Waals surface area contributed by atoms with Gasteiger partial charge in [0.1, 0.15) is 11.2 Å². The van der Waals surface area contributed by atoms with Gasteiger partial charge in [0.05, 0.1) is 5.69 Å². The molecule has 0 amide bonds. The molecule has 0 spiro atoms. The maximum Gasteiger partial charge on any atom is 0.324 e. The van der Waals surface area contributed by atoms with Crippen LogP contribution in [0.25, 0.3) is 5.65 Å². The third kappa shape index (κ3) is 2.31. The van der Waals surface area contributed by atoms with E-state index in [2.05, 4.69) is 9.88 Å². The molecule has 112 valence electrons. The summed E-state index contributed by atoms with van der Waals surface area (Å²) in [5, 5.41) is 9.78. The molecule has 0 aromatic carbocycles. The largest absolute Gasteiger partial charge is 0.480 e. The Morgan fingerprint density at radius 2 is 2.10 bits per heavy atom. The minimum absolute atomic E-state index is 0.472. The highest BCUT2D eigenvalue weighted by molar-refractivity contribution is 5.79. The number of carbonyl (C=O) groups is 1. The van der Waals surface area contributed by atoms with Crippen molar-refractivity contribution in [2.24, 2.45) is 0 Å². The molecule has 3 heterocycles. The van der Waals surface area contributed by atoms with Crippen LogP contribution >= 0.6 is 0 Å². The summed E-state index contributed by atoms with van der Waals surface area (Å²) in [6.07, 6.45) is 4.58. The molecular formula is C16H21N3O2. The average molecular weight is 287 g/mol. The first kappa shape index (κ1) is 14.1. The lowest BCUT2D eigenvalue weighted by Gasteiger charge is -2.34. The van der Waals surface area contributed by atoms with Crippen molar-refractivity contribution in [3.05, 3.63) is 35.8 Å². The van der Waals surface area contributed by atoms with Gasteiger partial charge in [-0.3, -0.25) is 9.69 Å². The van der Waals surface area contributed by atoms with Crippen LogP contribution in [-0.2, 0) is 11.2 Å². The topological polar surface area (TPSA) is 57.8 Å². The lowest BCUT2D eigenvalue weighted by atomic mass is 9.93. The zero-order valence-electron chi connectivity index (χ0n) is 12.5. The maximum atomic E-state index is 11.9. The third-order valence-corrected chi connectivity index (χ3v) is 4.61. The summed E-state index contributed by atoms with van der Waals surface area (Å²) in [7, 11) is 0. The van der Waals surface area contributed by atoms with Crippen molar-refractivity contribution in [3.8, 4) is 0 Å². The fourth-order valence-electron chi connectivity index (χ4n) is 3.24. The number of fused-ring (bicyclic) bond motifs is 1. The number of aryl methyl sites for hydroxylation is 1. The van der Waals surface area contributed by atoms with E-state index in [1.807, 2.05) is 42.6 Å². The number of hydrogen-bond donors (Lipinski definition) is 1. The third-order valence-electron chi connectivity index (χ3n) is 4.61. The van der Waals surface area contributed by atoms with Crippen molar-refractivity contribution in [1.82, 2.24) is 14.3 Å². The molecule has 1 N–H and O–H groups in total. The molecular weight excluding hydrogens is 266 g/mol. The van der Waals surface area contributed by atoms with E-state index in [0.29, 0.717) is 6.42 Å². The Morgan fingerprint density at radius 1 is 1.38 bits per heavy atom. The zero-order chi connectivity index (χ0) is 15.0. The van der Waals surface area contributed by atoms with E-state index in [9.17, 15) is 9.90 Å². The molecule has 1 fully saturated rings. The molecule has 21 heavy (non-hydrogen) atoms. The molecule has 1 aliphatic rings. The van der Waals surface area contributed by atoms with Crippen LogP contribution in [0.5, 0.6) is 0 Å². The van der Waals surface area contributed by atoms with Gasteiger partial charge in [-0.2, -0.15) is 0 Å². The number of imidazole rings is 1. The number of hydrogen-bond acceptors (Lipinski definition) is 3. The van der Waals surface area contributed by atoms with Crippen LogP contribution in [0.1, 0.15) is 31.2 Å². The van der Waals surface area contributed by atoms with Gasteiger partial charge >= 0.3 is 5.97 Å². The SMILES string of the molecule is Cc1nc2ccccn2c1CC(C)(C(=O)O)N1CCCC1. The predicted molar refractivity (Wildman–Crippen MR) is 80.5 cm³/mol. The number of nitrogens with zero attached hydrogens (tertiary/aromatic N) is 3. The molecule has 0 saturated carbocycles. The van der Waals surface area contributed by atoms with Gasteiger partial charge in [-0.25, -0.2) is 4.98 Å². The first-order chi connectivity index (χ1) is 10.0. The predicted octanol–water partition coefficient (Wildman–Crippen LogP) is 2.12. The second-order valence-corrected chi connectivity index (χ2v) is 6.02. The normalized spacial score (nSPS) is 19.0. The smallest absolute Gasteiger partial charge is 0.324 e. The van der Waals surface area contributed by atoms with Crippen molar-refractivity contribution in [1.29, 1.82) is 0 Å². The lowest BCUT2D eigenvalue weighted by Crippen LogP contribution is -2.53. The highest BCUT2D eigenvalue weighted by Gasteiger charge is 2.41. The standard InChI is InChI=1S/C16H21N3O2/c1-12-13(19-10-4-3-7-14(19)17-12)11-16(2,15(20)21)18-8-5-6-9-18/h3-4,7,10H,5-6,8-9,11H2,1-2H3,(H,20,21). The molecule has 2 aromatic heterocycles. The highest BCUT2D eigenvalue weighted by atomic mass is 16.4. The van der Waals surface area contributed by atoms with Crippen molar-refractivity contribution in [2.75, 3.05) is 13.1 Å². The zero-order valence-corrected chi connectivity index (χ0v) is 12.5. The molecule has 1 saturated heterocycles. The summed E-state index contributed by atoms with van der Waals surface area (Å²) in [5.41, 5.74) is 1.90. The van der Waals surface area contributed by atoms with Crippen LogP contribution in [0, 0.1) is 6.92 Å². The summed E-state index contributed by atoms with van der Waals surface area (Å²) in [6.45, 7) is 5.51. The van der Waals surface area contributed by atoms with Crippen molar-refractivity contribution in [3.63, 3.8) is 0 Å². The van der Waals surface area contributed by atoms with E-state index >= 15 is 0 Å². The number of aromatic nitrogens is 2. The first-order valence-electron chi connectivity index (χ1n) is 7.43. The van der Waals surface area contributed by atoms with Crippen LogP contribution in [0.3, 0.4) is 0 Å². The van der Waals surface area contributed by atoms with E-state index in [4.69, 9.17) is 0 Å². The fraction of sp³-hybridized carbons (Fsp3) is 0.500. The van der Waals surface area contributed by atoms with Crippen molar-refractivity contribution in [2.45, 2.75) is 38.6 Å². The summed E-state index contributed by atoms with van der Waals surface area (Å²) in [5.74, 6) is -0.755. The van der Waals surface area contributed by atoms with Gasteiger partial charge in [0.15, 0.2) is 0 Å². The lowest BCUT2D eigenvalue weighted by molar-refractivity contribution is -0.149. The Kier molecular flexibility index (Phi) is 3.45. The van der Waals surface area contributed by atoms with Gasteiger partial charge in [-0.15, -0.1) is 0 Å². The molecule has 3 rings (SSSR count). The number of carboxylic acid groups (broad SMARTS) is 1. The monoisotopic (exact) mass is 287 g/mol. The van der Waals surface area contributed by atoms with Gasteiger partial charge in [-0.05, 0) is 51.9 Å². The van der Waals surface area contributed by atoms with Crippen molar-refractivity contribution < 1.29 is 9.90 Å². The minimum atomic E-state index is -0.868. The molecule has 0 aliphatic carbocycles. The molecule has 2 aromatic rings. The van der Waals surface area contributed by atoms with Crippen molar-refractivity contribution >= 4 is 11.6 Å². The summed E-state index contributed by atoms with van der Waals surface area (Å²) >= 11 is 0. The minimum Gasteiger partial charge on any atom is -0.480 e. The van der Waals surface area contributed by atoms with Gasteiger partial charge in [0.25, 0.3) is 0 Å². The Bertz CT molecular complexity index is 673. The van der Waals surface area contributed by atoms with E-state index < -0.39 is 11.5 Å². The number of carboxylic acids is 1. The fourth-order valence-corrected chi connectivity index (χ4v) is 3.24. The van der Waals surface area contributed by atoms with E-state index in [-0.39, 0.29) is 0 Å². The van der Waals surface area contributed by atoms with Crippen LogP contribution < -0.4 is 0 Å². The average Bonchev–Trinajstić information content (AvgIpc) is 3.08. The molecule has 0 radical (unpaired) electrons. The second kappa shape index (κ2) is 5.15. The van der Waals surface area contributed by atoms with Crippen LogP contribution in [0.4, 0.5) is 0 Å². The van der Waals surface area contributed by atoms with Gasteiger partial charge in [0, 0.05) is 18.3 Å². The quantitative estimate of drug-likeness (QED) is 0.936. The van der Waals surface area contributed by atoms with E-state index in [1.54, 1.807) is 0 Å². The molecule has 0 bridgehead atoms. The summed E-state index contributed by atoms with van der Waals surface area (Å²) < 4.78 is 2.01. The van der Waals surface area contributed by atoms with Gasteiger partial charge < -0.3 is 9.51 Å². The number of pyridine rings is 1. The van der Waals surface area contributed by atoms with Crippen LogP contribution in [-0.4, -0.2) is 44.0 Å². The van der Waals surface area contributed by atoms with E-state index in [0.717, 1.165) is 43.0 Å². The Labute approximate surface area is 124 Å². The van der Waals surface area contributed by atoms with Gasteiger partial charge in [-0.1, -0.05) is 6.07 Å². The maximum absolute atomic E-state index is 11.9. The Balaban J connectivity index is 2.02.